The average molecular weight is 500 g/mol. The summed E-state index contributed by atoms with van der Waals surface area (Å²) in [7, 11) is -3.65. The molecule has 1 saturated heterocycles. The molecule has 8 nitrogen and oxygen atoms in total. The van der Waals surface area contributed by atoms with E-state index in [2.05, 4.69) is 5.32 Å². The number of benzene rings is 1. The third-order valence-corrected chi connectivity index (χ3v) is 8.64. The predicted octanol–water partition coefficient (Wildman–Crippen LogP) is 2.99. The van der Waals surface area contributed by atoms with E-state index in [9.17, 15) is 23.2 Å². The van der Waals surface area contributed by atoms with Crippen molar-refractivity contribution in [2.24, 2.45) is 17.8 Å². The first-order chi connectivity index (χ1) is 15.8. The van der Waals surface area contributed by atoms with Crippen molar-refractivity contribution in [3.05, 3.63) is 29.3 Å². The van der Waals surface area contributed by atoms with E-state index in [1.165, 1.54) is 24.3 Å². The number of carbonyl (C=O) groups excluding carboxylic acids is 2. The quantitative estimate of drug-likeness (QED) is 0.336. The van der Waals surface area contributed by atoms with Crippen LogP contribution in [0, 0.1) is 17.8 Å². The van der Waals surface area contributed by atoms with Gasteiger partial charge in [-0.3, -0.25) is 14.8 Å². The lowest BCUT2D eigenvalue weighted by Gasteiger charge is -2.34. The summed E-state index contributed by atoms with van der Waals surface area (Å²) in [5.41, 5.74) is 1.70. The summed E-state index contributed by atoms with van der Waals surface area (Å²) >= 11 is 5.84. The number of hydrogen-bond acceptors (Lipinski definition) is 6. The maximum Gasteiger partial charge on any atom is 0.248 e. The Morgan fingerprint density at radius 3 is 2.27 bits per heavy atom. The third kappa shape index (κ3) is 7.15. The molecule has 1 heterocycles. The molecular weight excluding hydrogens is 466 g/mol. The predicted molar refractivity (Wildman–Crippen MR) is 125 cm³/mol. The van der Waals surface area contributed by atoms with Crippen LogP contribution in [-0.4, -0.2) is 55.9 Å². The van der Waals surface area contributed by atoms with E-state index in [0.717, 1.165) is 44.9 Å². The van der Waals surface area contributed by atoms with Gasteiger partial charge in [0.2, 0.25) is 11.8 Å². The summed E-state index contributed by atoms with van der Waals surface area (Å²) in [6.07, 6.45) is 7.81. The van der Waals surface area contributed by atoms with Crippen molar-refractivity contribution >= 4 is 33.3 Å². The molecule has 2 fully saturated rings. The molecule has 0 radical (unpaired) electrons. The molecule has 2 unspecified atom stereocenters. The number of rotatable bonds is 10. The van der Waals surface area contributed by atoms with Gasteiger partial charge in [0.25, 0.3) is 0 Å². The standard InChI is InChI=1S/C23H34ClN3O5S/c24-18-8-10-19(11-9-18)33(31,32)16-25-15-21(22(28)26-30)20(14-17-6-2-3-7-17)23(29)27-12-4-1-5-13-27/h8-11,17,20-21,25,30H,1-7,12-16H2,(H,26,28). The van der Waals surface area contributed by atoms with Gasteiger partial charge in [-0.1, -0.05) is 37.3 Å². The van der Waals surface area contributed by atoms with E-state index < -0.39 is 33.5 Å². The molecule has 184 valence electrons. The van der Waals surface area contributed by atoms with E-state index in [1.807, 2.05) is 4.90 Å². The van der Waals surface area contributed by atoms with Gasteiger partial charge in [-0.25, -0.2) is 13.9 Å². The minimum absolute atomic E-state index is 0.0316. The molecule has 2 amide bonds. The van der Waals surface area contributed by atoms with Crippen LogP contribution >= 0.6 is 11.6 Å². The fraction of sp³-hybridized carbons (Fsp3) is 0.652. The van der Waals surface area contributed by atoms with E-state index in [0.29, 0.717) is 30.5 Å². The van der Waals surface area contributed by atoms with E-state index in [4.69, 9.17) is 11.6 Å². The summed E-state index contributed by atoms with van der Waals surface area (Å²) in [6, 6.07) is 5.87. The van der Waals surface area contributed by atoms with E-state index >= 15 is 0 Å². The number of nitrogens with zero attached hydrogens (tertiary/aromatic N) is 1. The summed E-state index contributed by atoms with van der Waals surface area (Å²) < 4.78 is 25.3. The minimum atomic E-state index is -3.65. The van der Waals surface area contributed by atoms with Crippen molar-refractivity contribution < 1.29 is 23.2 Å². The van der Waals surface area contributed by atoms with Crippen molar-refractivity contribution in [2.75, 3.05) is 25.5 Å². The Bertz CT molecular complexity index is 897. The second kappa shape index (κ2) is 12.1. The second-order valence-corrected chi connectivity index (χ2v) is 11.6. The molecule has 0 bridgehead atoms. The highest BCUT2D eigenvalue weighted by molar-refractivity contribution is 7.91. The average Bonchev–Trinajstić information content (AvgIpc) is 3.34. The first-order valence-corrected chi connectivity index (χ1v) is 13.8. The molecule has 3 N–H and O–H groups in total. The number of halogens is 1. The van der Waals surface area contributed by atoms with E-state index in [1.54, 1.807) is 5.48 Å². The Hall–Kier alpha value is -1.68. The fourth-order valence-electron chi connectivity index (χ4n) is 4.97. The van der Waals surface area contributed by atoms with Crippen molar-refractivity contribution in [1.29, 1.82) is 0 Å². The lowest BCUT2D eigenvalue weighted by atomic mass is 9.81. The van der Waals surface area contributed by atoms with Gasteiger partial charge in [0.05, 0.1) is 16.7 Å². The molecule has 1 aromatic rings. The number of hydroxylamine groups is 1. The smallest absolute Gasteiger partial charge is 0.248 e. The van der Waals surface area contributed by atoms with Crippen LogP contribution < -0.4 is 10.8 Å². The molecule has 33 heavy (non-hydrogen) atoms. The lowest BCUT2D eigenvalue weighted by Crippen LogP contribution is -2.49. The summed E-state index contributed by atoms with van der Waals surface area (Å²) in [5, 5.41) is 12.7. The zero-order valence-electron chi connectivity index (χ0n) is 18.8. The van der Waals surface area contributed by atoms with Gasteiger partial charge >= 0.3 is 0 Å². The third-order valence-electron chi connectivity index (χ3n) is 6.81. The molecule has 1 aromatic carbocycles. The number of piperidine rings is 1. The van der Waals surface area contributed by atoms with Crippen LogP contribution in [0.4, 0.5) is 0 Å². The molecule has 2 atom stereocenters. The number of sulfone groups is 1. The van der Waals surface area contributed by atoms with Gasteiger partial charge in [-0.15, -0.1) is 0 Å². The van der Waals surface area contributed by atoms with Crippen LogP contribution in [0.2, 0.25) is 5.02 Å². The first kappa shape index (κ1) is 25.9. The van der Waals surface area contributed by atoms with Crippen molar-refractivity contribution in [3.63, 3.8) is 0 Å². The minimum Gasteiger partial charge on any atom is -0.342 e. The van der Waals surface area contributed by atoms with E-state index in [-0.39, 0.29) is 17.3 Å². The van der Waals surface area contributed by atoms with Gasteiger partial charge in [0.15, 0.2) is 9.84 Å². The summed E-state index contributed by atoms with van der Waals surface area (Å²) in [6.45, 7) is 1.31. The highest BCUT2D eigenvalue weighted by atomic mass is 35.5. The molecule has 2 aliphatic rings. The van der Waals surface area contributed by atoms with Crippen molar-refractivity contribution in [1.82, 2.24) is 15.7 Å². The van der Waals surface area contributed by atoms with Gasteiger partial charge < -0.3 is 10.2 Å². The van der Waals surface area contributed by atoms with Crippen LogP contribution in [0.25, 0.3) is 0 Å². The Balaban J connectivity index is 1.73. The van der Waals surface area contributed by atoms with Crippen LogP contribution in [0.3, 0.4) is 0 Å². The molecule has 1 aliphatic carbocycles. The molecular formula is C23H34ClN3O5S. The Kier molecular flexibility index (Phi) is 9.55. The number of hydrogen-bond donors (Lipinski definition) is 3. The zero-order valence-corrected chi connectivity index (χ0v) is 20.4. The molecule has 1 saturated carbocycles. The van der Waals surface area contributed by atoms with Gasteiger partial charge in [-0.2, -0.15) is 0 Å². The van der Waals surface area contributed by atoms with Gasteiger partial charge in [-0.05, 0) is 55.9 Å². The number of carbonyl (C=O) groups is 2. The Morgan fingerprint density at radius 1 is 1.03 bits per heavy atom. The number of nitrogens with one attached hydrogen (secondary N) is 2. The highest BCUT2D eigenvalue weighted by Gasteiger charge is 2.38. The van der Waals surface area contributed by atoms with Crippen LogP contribution in [0.15, 0.2) is 29.2 Å². The SMILES string of the molecule is O=C(NO)C(CNCS(=O)(=O)c1ccc(Cl)cc1)C(CC1CCCC1)C(=O)N1CCCCC1. The molecule has 1 aliphatic heterocycles. The molecule has 10 heteroatoms. The van der Waals surface area contributed by atoms with Crippen LogP contribution in [-0.2, 0) is 19.4 Å². The Labute approximate surface area is 200 Å². The maximum absolute atomic E-state index is 13.5. The fourth-order valence-corrected chi connectivity index (χ4v) is 6.20. The monoisotopic (exact) mass is 499 g/mol. The normalized spacial score (nSPS) is 19.3. The zero-order chi connectivity index (χ0) is 23.8. The van der Waals surface area contributed by atoms with Crippen molar-refractivity contribution in [3.8, 4) is 0 Å². The highest BCUT2D eigenvalue weighted by Crippen LogP contribution is 2.34. The molecule has 0 spiro atoms. The van der Waals surface area contributed by atoms with Crippen LogP contribution in [0.1, 0.15) is 51.4 Å². The second-order valence-electron chi connectivity index (χ2n) is 9.13. The van der Waals surface area contributed by atoms with Crippen molar-refractivity contribution in [2.45, 2.75) is 56.3 Å². The summed E-state index contributed by atoms with van der Waals surface area (Å²) in [5.74, 6) is -2.25. The lowest BCUT2D eigenvalue weighted by molar-refractivity contribution is -0.146. The Morgan fingerprint density at radius 2 is 1.67 bits per heavy atom. The topological polar surface area (TPSA) is 116 Å². The van der Waals surface area contributed by atoms with Crippen LogP contribution in [0.5, 0.6) is 0 Å². The molecule has 0 aromatic heterocycles. The number of amides is 2. The first-order valence-electron chi connectivity index (χ1n) is 11.7. The maximum atomic E-state index is 13.5. The van der Waals surface area contributed by atoms with Gasteiger partial charge in [0, 0.05) is 24.7 Å². The summed E-state index contributed by atoms with van der Waals surface area (Å²) in [4.78, 5) is 28.1. The van der Waals surface area contributed by atoms with Gasteiger partial charge in [0.1, 0.15) is 5.88 Å². The number of likely N-dealkylation sites (tertiary alicyclic amines) is 1. The largest absolute Gasteiger partial charge is 0.342 e. The molecule has 3 rings (SSSR count).